The Morgan fingerprint density at radius 3 is 2.95 bits per heavy atom. The highest BCUT2D eigenvalue weighted by Crippen LogP contribution is 2.14. The molecule has 1 aliphatic heterocycles. The summed E-state index contributed by atoms with van der Waals surface area (Å²) in [5.41, 5.74) is 0.556. The van der Waals surface area contributed by atoms with Gasteiger partial charge in [0.25, 0.3) is 0 Å². The molecule has 0 bridgehead atoms. The van der Waals surface area contributed by atoms with Crippen molar-refractivity contribution in [3.8, 4) is 11.8 Å². The Kier molecular flexibility index (Phi) is 5.76. The smallest absolute Gasteiger partial charge is 0.240 e. The second kappa shape index (κ2) is 7.57. The van der Waals surface area contributed by atoms with Gasteiger partial charge in [0, 0.05) is 18.7 Å². The van der Waals surface area contributed by atoms with Gasteiger partial charge >= 0.3 is 0 Å². The maximum Gasteiger partial charge on any atom is 0.240 e. The number of hydrogen-bond donors (Lipinski definition) is 2. The minimum Gasteiger partial charge on any atom is -0.384 e. The quantitative estimate of drug-likeness (QED) is 0.810. The Balaban J connectivity index is 2.04. The Labute approximate surface area is 125 Å². The highest BCUT2D eigenvalue weighted by atomic mass is 32.2. The van der Waals surface area contributed by atoms with Crippen molar-refractivity contribution in [2.45, 2.75) is 30.3 Å². The van der Waals surface area contributed by atoms with E-state index in [1.54, 1.807) is 12.1 Å². The first kappa shape index (κ1) is 16.0. The maximum absolute atomic E-state index is 12.2. The zero-order valence-corrected chi connectivity index (χ0v) is 12.5. The van der Waals surface area contributed by atoms with Gasteiger partial charge in [0.1, 0.15) is 6.61 Å². The Bertz CT molecular complexity index is 625. The lowest BCUT2D eigenvalue weighted by atomic mass is 10.1. The molecule has 2 N–H and O–H groups in total. The molecule has 1 fully saturated rings. The molecular formula is C15H19NO4S. The van der Waals surface area contributed by atoms with Crippen LogP contribution in [0.4, 0.5) is 0 Å². The third-order valence-electron chi connectivity index (χ3n) is 3.23. The fourth-order valence-electron chi connectivity index (χ4n) is 2.14. The van der Waals surface area contributed by atoms with Crippen molar-refractivity contribution in [3.05, 3.63) is 29.8 Å². The van der Waals surface area contributed by atoms with Gasteiger partial charge in [0.05, 0.1) is 11.0 Å². The van der Waals surface area contributed by atoms with Crippen LogP contribution >= 0.6 is 0 Å². The van der Waals surface area contributed by atoms with Crippen LogP contribution in [0, 0.1) is 11.8 Å². The third-order valence-corrected chi connectivity index (χ3v) is 4.65. The first-order valence-electron chi connectivity index (χ1n) is 6.93. The van der Waals surface area contributed by atoms with Gasteiger partial charge < -0.3 is 9.84 Å². The largest absolute Gasteiger partial charge is 0.384 e. The van der Waals surface area contributed by atoms with E-state index in [9.17, 15) is 8.42 Å². The molecule has 114 valence electrons. The topological polar surface area (TPSA) is 75.6 Å². The van der Waals surface area contributed by atoms with Gasteiger partial charge in [0.15, 0.2) is 0 Å². The van der Waals surface area contributed by atoms with Gasteiger partial charge in [-0.3, -0.25) is 0 Å². The van der Waals surface area contributed by atoms with Crippen LogP contribution in [0.3, 0.4) is 0 Å². The van der Waals surface area contributed by atoms with Crippen molar-refractivity contribution < 1.29 is 18.3 Å². The number of sulfonamides is 1. The summed E-state index contributed by atoms with van der Waals surface area (Å²) in [5, 5.41) is 8.67. The van der Waals surface area contributed by atoms with Crippen molar-refractivity contribution in [2.75, 3.05) is 19.8 Å². The first-order valence-corrected chi connectivity index (χ1v) is 8.41. The summed E-state index contributed by atoms with van der Waals surface area (Å²) in [5.74, 6) is 5.19. The van der Waals surface area contributed by atoms with Crippen LogP contribution in [-0.4, -0.2) is 39.4 Å². The van der Waals surface area contributed by atoms with Crippen molar-refractivity contribution >= 4 is 10.0 Å². The summed E-state index contributed by atoms with van der Waals surface area (Å²) in [6.45, 7) is 0.724. The van der Waals surface area contributed by atoms with Crippen LogP contribution in [0.2, 0.25) is 0 Å². The van der Waals surface area contributed by atoms with Crippen molar-refractivity contribution in [2.24, 2.45) is 0 Å². The van der Waals surface area contributed by atoms with Crippen LogP contribution in [0.1, 0.15) is 24.8 Å². The van der Waals surface area contributed by atoms with Crippen LogP contribution < -0.4 is 4.72 Å². The SMILES string of the molecule is O=S(=O)(NCC1CCCCO1)c1cccc(C#CCO)c1. The number of hydrogen-bond acceptors (Lipinski definition) is 4. The molecule has 0 radical (unpaired) electrons. The molecule has 0 aromatic heterocycles. The summed E-state index contributed by atoms with van der Waals surface area (Å²) >= 11 is 0. The molecule has 1 aliphatic rings. The molecule has 1 heterocycles. The molecule has 21 heavy (non-hydrogen) atoms. The van der Waals surface area contributed by atoms with E-state index in [-0.39, 0.29) is 24.2 Å². The predicted molar refractivity (Wildman–Crippen MR) is 79.2 cm³/mol. The standard InChI is InChI=1S/C15H19NO4S/c17-9-4-6-13-5-3-8-15(11-13)21(18,19)16-12-14-7-1-2-10-20-14/h3,5,8,11,14,16-17H,1-2,7,9-10,12H2. The Morgan fingerprint density at radius 1 is 1.38 bits per heavy atom. The lowest BCUT2D eigenvalue weighted by Gasteiger charge is -2.22. The van der Waals surface area contributed by atoms with E-state index < -0.39 is 10.0 Å². The lowest BCUT2D eigenvalue weighted by molar-refractivity contribution is 0.0200. The second-order valence-electron chi connectivity index (χ2n) is 4.83. The number of nitrogens with one attached hydrogen (secondary N) is 1. The predicted octanol–water partition coefficient (Wildman–Crippen LogP) is 0.878. The van der Waals surface area contributed by atoms with Crippen LogP contribution in [0.15, 0.2) is 29.2 Å². The van der Waals surface area contributed by atoms with E-state index in [0.29, 0.717) is 12.2 Å². The Hall–Kier alpha value is -1.39. The number of aliphatic hydroxyl groups excluding tert-OH is 1. The minimum absolute atomic E-state index is 0.0501. The van der Waals surface area contributed by atoms with E-state index in [4.69, 9.17) is 9.84 Å². The van der Waals surface area contributed by atoms with E-state index in [2.05, 4.69) is 16.6 Å². The molecule has 0 aliphatic carbocycles. The summed E-state index contributed by atoms with van der Waals surface area (Å²) < 4.78 is 32.6. The number of rotatable bonds is 4. The van der Waals surface area contributed by atoms with E-state index in [1.165, 1.54) is 12.1 Å². The molecule has 6 heteroatoms. The second-order valence-corrected chi connectivity index (χ2v) is 6.60. The number of ether oxygens (including phenoxy) is 1. The normalized spacial score (nSPS) is 18.8. The monoisotopic (exact) mass is 309 g/mol. The fourth-order valence-corrected chi connectivity index (χ4v) is 3.25. The summed E-state index contributed by atoms with van der Waals surface area (Å²) in [6.07, 6.45) is 2.93. The maximum atomic E-state index is 12.2. The highest BCUT2D eigenvalue weighted by Gasteiger charge is 2.19. The number of aliphatic hydroxyl groups is 1. The van der Waals surface area contributed by atoms with Gasteiger partial charge in [-0.2, -0.15) is 0 Å². The molecule has 1 aromatic carbocycles. The average Bonchev–Trinajstić information content (AvgIpc) is 2.52. The summed E-state index contributed by atoms with van der Waals surface area (Å²) in [4.78, 5) is 0.169. The first-order chi connectivity index (χ1) is 10.1. The van der Waals surface area contributed by atoms with Crippen LogP contribution in [0.5, 0.6) is 0 Å². The molecule has 2 rings (SSSR count). The molecule has 0 saturated carbocycles. The summed E-state index contributed by atoms with van der Waals surface area (Å²) in [6, 6.07) is 6.35. The molecule has 5 nitrogen and oxygen atoms in total. The van der Waals surface area contributed by atoms with Crippen molar-refractivity contribution in [1.29, 1.82) is 0 Å². The lowest BCUT2D eigenvalue weighted by Crippen LogP contribution is -2.35. The van der Waals surface area contributed by atoms with E-state index in [0.717, 1.165) is 19.3 Å². The molecule has 0 amide bonds. The van der Waals surface area contributed by atoms with E-state index >= 15 is 0 Å². The third kappa shape index (κ3) is 4.83. The molecule has 1 atom stereocenters. The van der Waals surface area contributed by atoms with E-state index in [1.807, 2.05) is 0 Å². The molecular weight excluding hydrogens is 290 g/mol. The van der Waals surface area contributed by atoms with Gasteiger partial charge in [0.2, 0.25) is 10.0 Å². The summed E-state index contributed by atoms with van der Waals surface area (Å²) in [7, 11) is -3.57. The van der Waals surface area contributed by atoms with Crippen LogP contribution in [-0.2, 0) is 14.8 Å². The highest BCUT2D eigenvalue weighted by molar-refractivity contribution is 7.89. The number of benzene rings is 1. The molecule has 0 spiro atoms. The molecule has 1 aromatic rings. The van der Waals surface area contributed by atoms with Crippen LogP contribution in [0.25, 0.3) is 0 Å². The average molecular weight is 309 g/mol. The van der Waals surface area contributed by atoms with Gasteiger partial charge in [-0.25, -0.2) is 13.1 Å². The van der Waals surface area contributed by atoms with Gasteiger partial charge in [-0.15, -0.1) is 0 Å². The molecule has 1 unspecified atom stereocenters. The molecule has 1 saturated heterocycles. The van der Waals surface area contributed by atoms with Crippen molar-refractivity contribution in [1.82, 2.24) is 4.72 Å². The van der Waals surface area contributed by atoms with Gasteiger partial charge in [-0.1, -0.05) is 17.9 Å². The Morgan fingerprint density at radius 2 is 2.24 bits per heavy atom. The zero-order valence-electron chi connectivity index (χ0n) is 11.7. The fraction of sp³-hybridized carbons (Fsp3) is 0.467. The zero-order chi connectivity index (χ0) is 15.1. The minimum atomic E-state index is -3.57. The van der Waals surface area contributed by atoms with Gasteiger partial charge in [-0.05, 0) is 37.5 Å². The van der Waals surface area contributed by atoms with Crippen molar-refractivity contribution in [3.63, 3.8) is 0 Å².